The second-order valence-corrected chi connectivity index (χ2v) is 6.90. The molecule has 0 saturated carbocycles. The lowest BCUT2D eigenvalue weighted by Gasteiger charge is -2.28. The molecule has 1 N–H and O–H groups in total. The largest absolute Gasteiger partial charge is 0.366 e. The summed E-state index contributed by atoms with van der Waals surface area (Å²) in [4.78, 5) is 14.5. The standard InChI is InChI=1S/C17H24N2O2.ClH/c1-17(2,3)13-4-5-14-12(10-13)6-8-19(14)16(20)15-11-18-7-9-21-15;/h4-5,10,15,18H,6-9,11H2,1-3H3;1H. The zero-order chi connectivity index (χ0) is 15.0. The summed E-state index contributed by atoms with van der Waals surface area (Å²) >= 11 is 0. The minimum atomic E-state index is -0.341. The van der Waals surface area contributed by atoms with Gasteiger partial charge in [-0.1, -0.05) is 32.9 Å². The molecule has 1 unspecified atom stereocenters. The highest BCUT2D eigenvalue weighted by molar-refractivity contribution is 5.98. The van der Waals surface area contributed by atoms with Gasteiger partial charge in [-0.3, -0.25) is 4.79 Å². The van der Waals surface area contributed by atoms with Gasteiger partial charge < -0.3 is 15.0 Å². The van der Waals surface area contributed by atoms with Crippen molar-refractivity contribution in [3.05, 3.63) is 29.3 Å². The molecule has 1 saturated heterocycles. The first-order valence-corrected chi connectivity index (χ1v) is 7.74. The van der Waals surface area contributed by atoms with Gasteiger partial charge in [-0.05, 0) is 29.0 Å². The molecule has 122 valence electrons. The summed E-state index contributed by atoms with van der Waals surface area (Å²) in [5.74, 6) is 0.0875. The molecule has 5 heteroatoms. The lowest BCUT2D eigenvalue weighted by Crippen LogP contribution is -2.49. The Kier molecular flexibility index (Phi) is 5.15. The van der Waals surface area contributed by atoms with E-state index in [1.54, 1.807) is 0 Å². The van der Waals surface area contributed by atoms with Crippen molar-refractivity contribution < 1.29 is 9.53 Å². The average molecular weight is 325 g/mol. The molecule has 1 aromatic carbocycles. The van der Waals surface area contributed by atoms with Gasteiger partial charge in [0.25, 0.3) is 5.91 Å². The Morgan fingerprint density at radius 2 is 2.14 bits per heavy atom. The Morgan fingerprint density at radius 3 is 2.77 bits per heavy atom. The number of hydrogen-bond donors (Lipinski definition) is 1. The molecule has 0 bridgehead atoms. The van der Waals surface area contributed by atoms with Crippen LogP contribution in [0.15, 0.2) is 18.2 Å². The van der Waals surface area contributed by atoms with E-state index in [-0.39, 0.29) is 29.8 Å². The fraction of sp³-hybridized carbons (Fsp3) is 0.588. The predicted molar refractivity (Wildman–Crippen MR) is 91.1 cm³/mol. The van der Waals surface area contributed by atoms with Gasteiger partial charge >= 0.3 is 0 Å². The van der Waals surface area contributed by atoms with E-state index in [0.29, 0.717) is 13.2 Å². The van der Waals surface area contributed by atoms with Crippen LogP contribution in [-0.4, -0.2) is 38.3 Å². The molecule has 1 aromatic rings. The first kappa shape index (κ1) is 17.3. The van der Waals surface area contributed by atoms with Crippen LogP contribution in [0.5, 0.6) is 0 Å². The summed E-state index contributed by atoms with van der Waals surface area (Å²) in [6.07, 6.45) is 0.595. The number of ether oxygens (including phenoxy) is 1. The van der Waals surface area contributed by atoms with E-state index in [1.807, 2.05) is 4.90 Å². The number of hydrogen-bond acceptors (Lipinski definition) is 3. The summed E-state index contributed by atoms with van der Waals surface area (Å²) in [7, 11) is 0. The van der Waals surface area contributed by atoms with Crippen molar-refractivity contribution in [2.24, 2.45) is 0 Å². The van der Waals surface area contributed by atoms with Gasteiger partial charge in [0.1, 0.15) is 6.10 Å². The number of amides is 1. The molecule has 0 radical (unpaired) electrons. The molecule has 2 aliphatic rings. The maximum atomic E-state index is 12.6. The van der Waals surface area contributed by atoms with E-state index in [9.17, 15) is 4.79 Å². The molecule has 4 nitrogen and oxygen atoms in total. The summed E-state index contributed by atoms with van der Waals surface area (Å²) in [6.45, 7) is 9.47. The Balaban J connectivity index is 0.00000176. The van der Waals surface area contributed by atoms with E-state index >= 15 is 0 Å². The number of nitrogens with one attached hydrogen (secondary N) is 1. The van der Waals surface area contributed by atoms with Crippen molar-refractivity contribution in [1.29, 1.82) is 0 Å². The van der Waals surface area contributed by atoms with Gasteiger partial charge in [-0.25, -0.2) is 0 Å². The molecule has 0 aromatic heterocycles. The number of anilines is 1. The molecule has 0 aliphatic carbocycles. The average Bonchev–Trinajstić information content (AvgIpc) is 2.89. The van der Waals surface area contributed by atoms with Crippen molar-refractivity contribution in [3.63, 3.8) is 0 Å². The van der Waals surface area contributed by atoms with Crippen LogP contribution in [0.2, 0.25) is 0 Å². The topological polar surface area (TPSA) is 41.6 Å². The van der Waals surface area contributed by atoms with Gasteiger partial charge in [-0.2, -0.15) is 0 Å². The Hall–Kier alpha value is -1.10. The van der Waals surface area contributed by atoms with Crippen molar-refractivity contribution in [2.75, 3.05) is 31.1 Å². The molecule has 1 fully saturated rings. The quantitative estimate of drug-likeness (QED) is 0.861. The maximum absolute atomic E-state index is 12.6. The molecule has 1 atom stereocenters. The van der Waals surface area contributed by atoms with E-state index in [2.05, 4.69) is 44.3 Å². The molecule has 0 spiro atoms. The Labute approximate surface area is 138 Å². The third-order valence-corrected chi connectivity index (χ3v) is 4.31. The first-order chi connectivity index (χ1) is 9.97. The first-order valence-electron chi connectivity index (χ1n) is 7.74. The van der Waals surface area contributed by atoms with Crippen LogP contribution < -0.4 is 10.2 Å². The van der Waals surface area contributed by atoms with Gasteiger partial charge in [0.15, 0.2) is 0 Å². The van der Waals surface area contributed by atoms with Crippen LogP contribution in [0.1, 0.15) is 31.9 Å². The fourth-order valence-corrected chi connectivity index (χ4v) is 3.00. The third kappa shape index (κ3) is 3.29. The second-order valence-electron chi connectivity index (χ2n) is 6.90. The molecule has 3 rings (SSSR count). The van der Waals surface area contributed by atoms with Gasteiger partial charge in [0.2, 0.25) is 0 Å². The van der Waals surface area contributed by atoms with Crippen molar-refractivity contribution in [3.8, 4) is 0 Å². The maximum Gasteiger partial charge on any atom is 0.257 e. The summed E-state index contributed by atoms with van der Waals surface area (Å²) in [6, 6.07) is 6.49. The van der Waals surface area contributed by atoms with Crippen molar-refractivity contribution >= 4 is 24.0 Å². The molecule has 2 heterocycles. The smallest absolute Gasteiger partial charge is 0.257 e. The fourth-order valence-electron chi connectivity index (χ4n) is 3.00. The third-order valence-electron chi connectivity index (χ3n) is 4.31. The SMILES string of the molecule is CC(C)(C)c1ccc2c(c1)CCN2C(=O)C1CNCCO1.Cl. The van der Waals surface area contributed by atoms with E-state index in [4.69, 9.17) is 4.74 Å². The zero-order valence-electron chi connectivity index (χ0n) is 13.5. The summed E-state index contributed by atoms with van der Waals surface area (Å²) in [5, 5.41) is 3.22. The predicted octanol–water partition coefficient (Wildman–Crippen LogP) is 2.28. The van der Waals surface area contributed by atoms with E-state index in [1.165, 1.54) is 11.1 Å². The second kappa shape index (κ2) is 6.57. The van der Waals surface area contributed by atoms with Crippen LogP contribution in [0.25, 0.3) is 0 Å². The van der Waals surface area contributed by atoms with Gasteiger partial charge in [-0.15, -0.1) is 12.4 Å². The van der Waals surface area contributed by atoms with Crippen LogP contribution >= 0.6 is 12.4 Å². The normalized spacial score (nSPS) is 21.2. The Morgan fingerprint density at radius 1 is 1.36 bits per heavy atom. The lowest BCUT2D eigenvalue weighted by molar-refractivity contribution is -0.131. The molecular weight excluding hydrogens is 300 g/mol. The number of benzene rings is 1. The highest BCUT2D eigenvalue weighted by Gasteiger charge is 2.32. The van der Waals surface area contributed by atoms with Crippen LogP contribution in [0.4, 0.5) is 5.69 Å². The Bertz CT molecular complexity index is 548. The summed E-state index contributed by atoms with van der Waals surface area (Å²) < 4.78 is 5.59. The van der Waals surface area contributed by atoms with Crippen LogP contribution in [-0.2, 0) is 21.4 Å². The zero-order valence-corrected chi connectivity index (χ0v) is 14.3. The number of fused-ring (bicyclic) bond motifs is 1. The highest BCUT2D eigenvalue weighted by atomic mass is 35.5. The monoisotopic (exact) mass is 324 g/mol. The number of nitrogens with zero attached hydrogens (tertiary/aromatic N) is 1. The number of morpholine rings is 1. The highest BCUT2D eigenvalue weighted by Crippen LogP contribution is 2.33. The van der Waals surface area contributed by atoms with E-state index < -0.39 is 0 Å². The lowest BCUT2D eigenvalue weighted by atomic mass is 9.86. The van der Waals surface area contributed by atoms with E-state index in [0.717, 1.165) is 25.2 Å². The van der Waals surface area contributed by atoms with Crippen LogP contribution in [0.3, 0.4) is 0 Å². The minimum Gasteiger partial charge on any atom is -0.366 e. The molecule has 2 aliphatic heterocycles. The van der Waals surface area contributed by atoms with Crippen molar-refractivity contribution in [2.45, 2.75) is 38.7 Å². The molecule has 1 amide bonds. The van der Waals surface area contributed by atoms with Crippen LogP contribution in [0, 0.1) is 0 Å². The number of halogens is 1. The van der Waals surface area contributed by atoms with Gasteiger partial charge in [0.05, 0.1) is 6.61 Å². The van der Waals surface area contributed by atoms with Crippen molar-refractivity contribution in [1.82, 2.24) is 5.32 Å². The number of rotatable bonds is 1. The minimum absolute atomic E-state index is 0. The summed E-state index contributed by atoms with van der Waals surface area (Å²) in [5.41, 5.74) is 3.80. The number of carbonyl (C=O) groups is 1. The molecular formula is C17H25ClN2O2. The molecule has 22 heavy (non-hydrogen) atoms. The van der Waals surface area contributed by atoms with Gasteiger partial charge in [0, 0.05) is 25.3 Å². The number of carbonyl (C=O) groups excluding carboxylic acids is 1.